The van der Waals surface area contributed by atoms with E-state index in [0.717, 1.165) is 5.56 Å². The average Bonchev–Trinajstić information content (AvgIpc) is 2.92. The Labute approximate surface area is 253 Å². The van der Waals surface area contributed by atoms with Crippen LogP contribution in [-0.4, -0.2) is 52.7 Å². The van der Waals surface area contributed by atoms with Gasteiger partial charge < -0.3 is 36.1 Å². The van der Waals surface area contributed by atoms with Crippen molar-refractivity contribution in [1.29, 1.82) is 0 Å². The number of fused-ring (bicyclic) bond motifs is 10. The second-order valence-corrected chi connectivity index (χ2v) is 11.4. The second kappa shape index (κ2) is 13.5. The van der Waals surface area contributed by atoms with Gasteiger partial charge in [0.05, 0.1) is 28.2 Å². The fraction of sp³-hybridized carbons (Fsp3) is 0.276. The number of nitrogens with one attached hydrogen (secondary N) is 2. The predicted molar refractivity (Wildman–Crippen MR) is 158 cm³/mol. The Kier molecular flexibility index (Phi) is 10.0. The summed E-state index contributed by atoms with van der Waals surface area (Å²) in [5.41, 5.74) is 8.80. The van der Waals surface area contributed by atoms with Gasteiger partial charge in [-0.15, -0.1) is 0 Å². The Balaban J connectivity index is 1.69. The van der Waals surface area contributed by atoms with Gasteiger partial charge in [-0.2, -0.15) is 0 Å². The highest BCUT2D eigenvalue weighted by Gasteiger charge is 2.29. The maximum Gasteiger partial charge on any atom is 0.326 e. The minimum Gasteiger partial charge on any atom is -0.504 e. The lowest BCUT2D eigenvalue weighted by atomic mass is 10.0. The van der Waals surface area contributed by atoms with Gasteiger partial charge in [-0.3, -0.25) is 9.59 Å². The molecule has 2 amide bonds. The zero-order valence-electron chi connectivity index (χ0n) is 22.0. The fourth-order valence-corrected chi connectivity index (χ4v) is 5.78. The van der Waals surface area contributed by atoms with Gasteiger partial charge >= 0.3 is 5.97 Å². The van der Waals surface area contributed by atoms with Crippen LogP contribution in [0.1, 0.15) is 22.3 Å². The zero-order valence-corrected chi connectivity index (χ0v) is 25.2. The molecular weight excluding hydrogens is 662 g/mol. The number of halogens is 2. The summed E-state index contributed by atoms with van der Waals surface area (Å²) in [6.45, 7) is 1.66. The summed E-state index contributed by atoms with van der Waals surface area (Å²) in [5, 5.41) is 25.7. The van der Waals surface area contributed by atoms with Crippen LogP contribution in [0.3, 0.4) is 0 Å². The molecule has 12 heteroatoms. The third kappa shape index (κ3) is 7.85. The molecule has 0 aliphatic carbocycles. The van der Waals surface area contributed by atoms with E-state index in [1.807, 2.05) is 30.3 Å². The number of aromatic hydroxyl groups is 1. The Morgan fingerprint density at radius 3 is 2.34 bits per heavy atom. The molecule has 6 N–H and O–H groups in total. The van der Waals surface area contributed by atoms with Gasteiger partial charge in [-0.05, 0) is 85.7 Å². The van der Waals surface area contributed by atoms with Gasteiger partial charge in [0.15, 0.2) is 17.2 Å². The normalized spacial score (nSPS) is 19.6. The Morgan fingerprint density at radius 2 is 1.68 bits per heavy atom. The molecule has 4 bridgehead atoms. The molecule has 3 aromatic rings. The number of phenols is 1. The van der Waals surface area contributed by atoms with Gasteiger partial charge in [-0.25, -0.2) is 4.79 Å². The van der Waals surface area contributed by atoms with Gasteiger partial charge in [0.25, 0.3) is 0 Å². The molecule has 3 atom stereocenters. The van der Waals surface area contributed by atoms with Gasteiger partial charge in [0.1, 0.15) is 12.1 Å². The molecule has 2 aliphatic heterocycles. The third-order valence-electron chi connectivity index (χ3n) is 6.47. The van der Waals surface area contributed by atoms with Gasteiger partial charge in [0, 0.05) is 6.42 Å². The summed E-state index contributed by atoms with van der Waals surface area (Å²) < 4.78 is 12.7. The smallest absolute Gasteiger partial charge is 0.326 e. The molecule has 0 saturated heterocycles. The zero-order chi connectivity index (χ0) is 29.7. The van der Waals surface area contributed by atoms with Crippen LogP contribution in [0.4, 0.5) is 0 Å². The minimum absolute atomic E-state index is 0.0660. The molecule has 0 radical (unpaired) electrons. The lowest BCUT2D eigenvalue weighted by Crippen LogP contribution is -2.56. The molecule has 216 valence electrons. The van der Waals surface area contributed by atoms with Gasteiger partial charge in [0.2, 0.25) is 11.8 Å². The molecule has 0 spiro atoms. The first-order chi connectivity index (χ1) is 19.5. The number of aryl methyl sites for hydroxylation is 1. The quantitative estimate of drug-likeness (QED) is 0.271. The highest BCUT2D eigenvalue weighted by molar-refractivity contribution is 9.11. The van der Waals surface area contributed by atoms with E-state index in [0.29, 0.717) is 31.4 Å². The van der Waals surface area contributed by atoms with Crippen molar-refractivity contribution in [1.82, 2.24) is 10.6 Å². The van der Waals surface area contributed by atoms with E-state index in [1.165, 1.54) is 0 Å². The molecule has 0 fully saturated rings. The Morgan fingerprint density at radius 1 is 1.02 bits per heavy atom. The molecule has 2 heterocycles. The largest absolute Gasteiger partial charge is 0.504 e. The van der Waals surface area contributed by atoms with E-state index in [9.17, 15) is 24.6 Å². The van der Waals surface area contributed by atoms with Gasteiger partial charge in [-0.1, -0.05) is 36.4 Å². The number of nitrogens with two attached hydrogens (primary N) is 1. The van der Waals surface area contributed by atoms with Crippen LogP contribution in [0.25, 0.3) is 0 Å². The van der Waals surface area contributed by atoms with Crippen molar-refractivity contribution in [2.45, 2.75) is 44.5 Å². The highest BCUT2D eigenvalue weighted by Crippen LogP contribution is 2.42. The molecule has 2 aliphatic rings. The maximum absolute atomic E-state index is 13.3. The Bertz CT molecular complexity index is 1430. The molecule has 5 rings (SSSR count). The number of rotatable bonds is 5. The molecule has 41 heavy (non-hydrogen) atoms. The summed E-state index contributed by atoms with van der Waals surface area (Å²) in [7, 11) is 0. The lowest BCUT2D eigenvalue weighted by Gasteiger charge is -2.23. The molecule has 3 unspecified atom stereocenters. The fourth-order valence-electron chi connectivity index (χ4n) is 4.34. The van der Waals surface area contributed by atoms with Crippen molar-refractivity contribution in [3.63, 3.8) is 0 Å². The van der Waals surface area contributed by atoms with Crippen LogP contribution >= 0.6 is 31.9 Å². The summed E-state index contributed by atoms with van der Waals surface area (Å²) >= 11 is 6.92. The lowest BCUT2D eigenvalue weighted by molar-refractivity contribution is -0.142. The Hall–Kier alpha value is -3.45. The summed E-state index contributed by atoms with van der Waals surface area (Å²) in [6, 6.07) is 12.3. The number of benzene rings is 3. The average molecular weight is 691 g/mol. The van der Waals surface area contributed by atoms with Crippen molar-refractivity contribution in [2.24, 2.45) is 5.73 Å². The number of ether oxygens (including phenoxy) is 2. The first kappa shape index (κ1) is 30.5. The van der Waals surface area contributed by atoms with Crippen LogP contribution < -0.4 is 21.1 Å². The number of carboxylic acid groups (broad SMARTS) is 1. The van der Waals surface area contributed by atoms with E-state index in [1.54, 1.807) is 31.2 Å². The molecule has 0 aromatic heterocycles. The molecule has 10 nitrogen and oxygen atoms in total. The van der Waals surface area contributed by atoms with Crippen LogP contribution in [0.15, 0.2) is 63.5 Å². The topological polar surface area (TPSA) is 160 Å². The van der Waals surface area contributed by atoms with E-state index >= 15 is 0 Å². The monoisotopic (exact) mass is 689 g/mol. The van der Waals surface area contributed by atoms with Crippen molar-refractivity contribution in [3.05, 3.63) is 85.8 Å². The number of amides is 2. The SMILES string of the molecule is Cc1cc2cc(c1O)Oc1c(Br)cc(cc1Br)CC(C(=O)O)NC(=O)C(COCc1ccccc1)NC(=O)C(N)C2. The number of carbonyl (C=O) groups excluding carboxylic acids is 2. The van der Waals surface area contributed by atoms with Crippen molar-refractivity contribution < 1.29 is 34.1 Å². The molecule has 0 saturated carbocycles. The van der Waals surface area contributed by atoms with Crippen molar-refractivity contribution >= 4 is 49.6 Å². The highest BCUT2D eigenvalue weighted by atomic mass is 79.9. The summed E-state index contributed by atoms with van der Waals surface area (Å²) in [6.07, 6.45) is 0.00496. The predicted octanol–water partition coefficient (Wildman–Crippen LogP) is 3.71. The summed E-state index contributed by atoms with van der Waals surface area (Å²) in [5.74, 6) is -2.19. The number of hydrogen-bond donors (Lipinski definition) is 5. The van der Waals surface area contributed by atoms with E-state index in [4.69, 9.17) is 15.2 Å². The first-order valence-corrected chi connectivity index (χ1v) is 14.3. The standard InChI is InChI=1S/C29H29Br2N3O7/c1-15-7-17-10-21(32)27(36)34-23(14-40-13-16-5-3-2-4-6-16)28(37)33-22(29(38)39)11-18-8-19(30)26(20(31)9-18)41-24(12-17)25(15)35/h2-9,12,21-23,35H,10-11,13-14,32H2,1H3,(H,33,37)(H,34,36)(H,38,39). The molecule has 3 aromatic carbocycles. The van der Waals surface area contributed by atoms with Crippen LogP contribution in [-0.2, 0) is 38.6 Å². The van der Waals surface area contributed by atoms with Crippen LogP contribution in [0.2, 0.25) is 0 Å². The van der Waals surface area contributed by atoms with E-state index in [-0.39, 0.29) is 37.6 Å². The number of carbonyl (C=O) groups is 3. The second-order valence-electron chi connectivity index (χ2n) is 9.73. The van der Waals surface area contributed by atoms with E-state index in [2.05, 4.69) is 42.5 Å². The summed E-state index contributed by atoms with van der Waals surface area (Å²) in [4.78, 5) is 38.5. The first-order valence-electron chi connectivity index (χ1n) is 12.7. The number of carboxylic acids is 1. The maximum atomic E-state index is 13.3. The van der Waals surface area contributed by atoms with Crippen LogP contribution in [0.5, 0.6) is 17.2 Å². The number of phenolic OH excluding ortho intramolecular Hbond substituents is 1. The number of hydrogen-bond acceptors (Lipinski definition) is 7. The van der Waals surface area contributed by atoms with E-state index < -0.39 is 35.9 Å². The van der Waals surface area contributed by atoms with Crippen molar-refractivity contribution in [2.75, 3.05) is 6.61 Å². The minimum atomic E-state index is -1.31. The molecular formula is C29H29Br2N3O7. The third-order valence-corrected chi connectivity index (χ3v) is 7.65. The van der Waals surface area contributed by atoms with Crippen molar-refractivity contribution in [3.8, 4) is 17.2 Å². The number of aliphatic carboxylic acids is 1. The van der Waals surface area contributed by atoms with Crippen LogP contribution in [0, 0.1) is 6.92 Å².